The Bertz CT molecular complexity index is 591. The van der Waals surface area contributed by atoms with Crippen LogP contribution in [0.15, 0.2) is 58.4 Å². The van der Waals surface area contributed by atoms with Crippen LogP contribution in [0.2, 0.25) is 0 Å². The lowest BCUT2D eigenvalue weighted by Gasteiger charge is -2.03. The molecule has 0 aliphatic heterocycles. The normalized spacial score (nSPS) is 10.4. The number of furan rings is 1. The fraction of sp³-hybridized carbons (Fsp3) is 0.0714. The molecule has 0 aliphatic rings. The lowest BCUT2D eigenvalue weighted by molar-refractivity contribution is -0.120. The first-order chi connectivity index (χ1) is 9.75. The van der Waals surface area contributed by atoms with E-state index >= 15 is 0 Å². The Morgan fingerprint density at radius 2 is 2.00 bits per heavy atom. The smallest absolute Gasteiger partial charge is 0.259 e. The number of rotatable bonds is 5. The highest BCUT2D eigenvalue weighted by Crippen LogP contribution is 1.97. The molecule has 0 spiro atoms. The van der Waals surface area contributed by atoms with Gasteiger partial charge in [-0.15, -0.1) is 0 Å². The molecule has 1 aromatic carbocycles. The molecule has 2 aromatic rings. The van der Waals surface area contributed by atoms with Crippen LogP contribution >= 0.6 is 0 Å². The molecule has 0 fully saturated rings. The fourth-order valence-electron chi connectivity index (χ4n) is 1.42. The van der Waals surface area contributed by atoms with Crippen LogP contribution in [0.3, 0.4) is 0 Å². The lowest BCUT2D eigenvalue weighted by Crippen LogP contribution is -2.34. The summed E-state index contributed by atoms with van der Waals surface area (Å²) >= 11 is 0. The topological polar surface area (TPSA) is 83.7 Å². The molecule has 0 radical (unpaired) electrons. The third-order valence-corrected chi connectivity index (χ3v) is 2.39. The van der Waals surface area contributed by atoms with Crippen molar-refractivity contribution in [1.82, 2.24) is 10.7 Å². The Hall–Kier alpha value is -2.89. The van der Waals surface area contributed by atoms with Crippen molar-refractivity contribution in [3.05, 3.63) is 60.1 Å². The summed E-state index contributed by atoms with van der Waals surface area (Å²) in [5, 5.41) is 6.23. The average molecular weight is 271 g/mol. The first-order valence-corrected chi connectivity index (χ1v) is 5.93. The quantitative estimate of drug-likeness (QED) is 0.632. The Kier molecular flexibility index (Phi) is 4.66. The van der Waals surface area contributed by atoms with Crippen molar-refractivity contribution in [2.24, 2.45) is 5.10 Å². The van der Waals surface area contributed by atoms with Crippen LogP contribution in [-0.4, -0.2) is 24.6 Å². The minimum atomic E-state index is -0.408. The monoisotopic (exact) mass is 271 g/mol. The highest BCUT2D eigenvalue weighted by Gasteiger charge is 2.06. The fourth-order valence-corrected chi connectivity index (χ4v) is 1.42. The van der Waals surface area contributed by atoms with Gasteiger partial charge in [0, 0.05) is 11.1 Å². The van der Waals surface area contributed by atoms with Gasteiger partial charge in [-0.1, -0.05) is 18.2 Å². The van der Waals surface area contributed by atoms with E-state index in [1.165, 1.54) is 18.7 Å². The SMILES string of the molecule is O=C(CNC(=O)c1ccccc1)NN=Cc1ccoc1. The number of carbonyl (C=O) groups excluding carboxylic acids is 2. The van der Waals surface area contributed by atoms with E-state index in [0.717, 1.165) is 5.56 Å². The number of nitrogens with zero attached hydrogens (tertiary/aromatic N) is 1. The highest BCUT2D eigenvalue weighted by atomic mass is 16.3. The predicted molar refractivity (Wildman–Crippen MR) is 73.2 cm³/mol. The summed E-state index contributed by atoms with van der Waals surface area (Å²) in [5.74, 6) is -0.714. The van der Waals surface area contributed by atoms with Gasteiger partial charge in [-0.25, -0.2) is 5.43 Å². The molecule has 0 atom stereocenters. The third kappa shape index (κ3) is 4.09. The molecular weight excluding hydrogens is 258 g/mol. The standard InChI is InChI=1S/C14H13N3O3/c18-13(17-16-8-11-6-7-20-10-11)9-15-14(19)12-4-2-1-3-5-12/h1-8,10H,9H2,(H,15,19)(H,17,18). The maximum absolute atomic E-state index is 11.7. The van der Waals surface area contributed by atoms with E-state index in [1.807, 2.05) is 6.07 Å². The summed E-state index contributed by atoms with van der Waals surface area (Å²) in [4.78, 5) is 23.1. The predicted octanol–water partition coefficient (Wildman–Crippen LogP) is 1.16. The maximum Gasteiger partial charge on any atom is 0.259 e. The van der Waals surface area contributed by atoms with Gasteiger partial charge in [0.1, 0.15) is 0 Å². The van der Waals surface area contributed by atoms with Crippen molar-refractivity contribution in [3.63, 3.8) is 0 Å². The van der Waals surface area contributed by atoms with Crippen LogP contribution in [0, 0.1) is 0 Å². The number of hydrazone groups is 1. The summed E-state index contributed by atoms with van der Waals surface area (Å²) in [6, 6.07) is 10.4. The highest BCUT2D eigenvalue weighted by molar-refractivity contribution is 5.96. The lowest BCUT2D eigenvalue weighted by atomic mass is 10.2. The number of hydrogen-bond acceptors (Lipinski definition) is 4. The minimum Gasteiger partial charge on any atom is -0.472 e. The van der Waals surface area contributed by atoms with E-state index in [-0.39, 0.29) is 12.5 Å². The van der Waals surface area contributed by atoms with Gasteiger partial charge in [0.2, 0.25) is 0 Å². The van der Waals surface area contributed by atoms with Crippen LogP contribution in [0.25, 0.3) is 0 Å². The van der Waals surface area contributed by atoms with E-state index < -0.39 is 5.91 Å². The van der Waals surface area contributed by atoms with Gasteiger partial charge in [0.15, 0.2) is 0 Å². The van der Waals surface area contributed by atoms with Crippen LogP contribution in [-0.2, 0) is 4.79 Å². The Balaban J connectivity index is 1.74. The van der Waals surface area contributed by atoms with Crippen molar-refractivity contribution in [2.45, 2.75) is 0 Å². The number of benzene rings is 1. The zero-order valence-corrected chi connectivity index (χ0v) is 10.6. The number of amides is 2. The Morgan fingerprint density at radius 1 is 1.20 bits per heavy atom. The second-order valence-corrected chi connectivity index (χ2v) is 3.90. The first-order valence-electron chi connectivity index (χ1n) is 5.93. The molecule has 1 heterocycles. The summed E-state index contributed by atoms with van der Waals surface area (Å²) in [7, 11) is 0. The van der Waals surface area contributed by atoms with Crippen molar-refractivity contribution < 1.29 is 14.0 Å². The molecule has 0 saturated heterocycles. The van der Waals surface area contributed by atoms with Gasteiger partial charge in [-0.2, -0.15) is 5.10 Å². The number of carbonyl (C=O) groups is 2. The van der Waals surface area contributed by atoms with Gasteiger partial charge >= 0.3 is 0 Å². The number of nitrogens with one attached hydrogen (secondary N) is 2. The molecule has 2 rings (SSSR count). The molecule has 0 aliphatic carbocycles. The van der Waals surface area contributed by atoms with Gasteiger partial charge in [-0.05, 0) is 18.2 Å². The van der Waals surface area contributed by atoms with Crippen LogP contribution in [0.4, 0.5) is 0 Å². The van der Waals surface area contributed by atoms with E-state index in [0.29, 0.717) is 5.56 Å². The Morgan fingerprint density at radius 3 is 2.70 bits per heavy atom. The largest absolute Gasteiger partial charge is 0.472 e. The van der Waals surface area contributed by atoms with Crippen molar-refractivity contribution in [2.75, 3.05) is 6.54 Å². The van der Waals surface area contributed by atoms with Crippen LogP contribution in [0.5, 0.6) is 0 Å². The van der Waals surface area contributed by atoms with Crippen LogP contribution in [0.1, 0.15) is 15.9 Å². The molecular formula is C14H13N3O3. The van der Waals surface area contributed by atoms with Gasteiger partial charge < -0.3 is 9.73 Å². The molecule has 1 aromatic heterocycles. The zero-order chi connectivity index (χ0) is 14.2. The number of hydrogen-bond donors (Lipinski definition) is 2. The molecule has 0 unspecified atom stereocenters. The van der Waals surface area contributed by atoms with Crippen molar-refractivity contribution in [1.29, 1.82) is 0 Å². The summed E-state index contributed by atoms with van der Waals surface area (Å²) < 4.78 is 4.84. The Labute approximate surface area is 115 Å². The molecule has 102 valence electrons. The minimum absolute atomic E-state index is 0.142. The zero-order valence-electron chi connectivity index (χ0n) is 10.6. The van der Waals surface area contributed by atoms with Crippen molar-refractivity contribution >= 4 is 18.0 Å². The molecule has 6 heteroatoms. The molecule has 0 saturated carbocycles. The molecule has 0 bridgehead atoms. The van der Waals surface area contributed by atoms with E-state index in [1.54, 1.807) is 30.3 Å². The molecule has 2 N–H and O–H groups in total. The van der Waals surface area contributed by atoms with Gasteiger partial charge in [0.25, 0.3) is 11.8 Å². The van der Waals surface area contributed by atoms with Gasteiger partial charge in [0.05, 0.1) is 25.3 Å². The maximum atomic E-state index is 11.7. The second-order valence-electron chi connectivity index (χ2n) is 3.90. The molecule has 2 amide bonds. The van der Waals surface area contributed by atoms with E-state index in [9.17, 15) is 9.59 Å². The third-order valence-electron chi connectivity index (χ3n) is 2.39. The van der Waals surface area contributed by atoms with Crippen LogP contribution < -0.4 is 10.7 Å². The summed E-state index contributed by atoms with van der Waals surface area (Å²) in [5.41, 5.74) is 3.54. The average Bonchev–Trinajstić information content (AvgIpc) is 2.99. The van der Waals surface area contributed by atoms with Crippen molar-refractivity contribution in [3.8, 4) is 0 Å². The van der Waals surface area contributed by atoms with Gasteiger partial charge in [-0.3, -0.25) is 9.59 Å². The summed E-state index contributed by atoms with van der Waals surface area (Å²) in [6.45, 7) is -0.142. The summed E-state index contributed by atoms with van der Waals surface area (Å²) in [6.07, 6.45) is 4.44. The molecule has 20 heavy (non-hydrogen) atoms. The van der Waals surface area contributed by atoms with E-state index in [2.05, 4.69) is 15.8 Å². The first kappa shape index (κ1) is 13.5. The second kappa shape index (κ2) is 6.89. The van der Waals surface area contributed by atoms with E-state index in [4.69, 9.17) is 4.42 Å². The molecule has 6 nitrogen and oxygen atoms in total.